The Labute approximate surface area is 121 Å². The normalized spacial score (nSPS) is 14.4. The number of imidazole rings is 1. The maximum absolute atomic E-state index is 14.0. The Balaban J connectivity index is 1.68. The molecule has 21 heavy (non-hydrogen) atoms. The lowest BCUT2D eigenvalue weighted by molar-refractivity contribution is 0.262. The zero-order valence-electron chi connectivity index (χ0n) is 11.8. The summed E-state index contributed by atoms with van der Waals surface area (Å²) in [5, 5.41) is 3.22. The van der Waals surface area contributed by atoms with Crippen LogP contribution in [0.2, 0.25) is 0 Å². The fourth-order valence-corrected chi connectivity index (χ4v) is 2.07. The number of ether oxygens (including phenoxy) is 1. The van der Waals surface area contributed by atoms with Crippen molar-refractivity contribution in [2.24, 2.45) is 7.05 Å². The quantitative estimate of drug-likeness (QED) is 0.889. The van der Waals surface area contributed by atoms with Gasteiger partial charge in [0.1, 0.15) is 12.4 Å². The van der Waals surface area contributed by atoms with Crippen molar-refractivity contribution in [3.63, 3.8) is 0 Å². The molecular weight excluding hydrogens is 276 g/mol. The standard InChI is InChI=1S/C15H17F2N3O/c1-20-5-4-18-14(20)9-21-15-12(16)6-10(7-13(15)17)8-19-11-2-3-11/h4-7,11,19H,2-3,8-9H2,1H3. The Morgan fingerprint density at radius 1 is 1.33 bits per heavy atom. The van der Waals surface area contributed by atoms with Gasteiger partial charge >= 0.3 is 0 Å². The number of aromatic nitrogens is 2. The second-order valence-electron chi connectivity index (χ2n) is 5.29. The van der Waals surface area contributed by atoms with Crippen LogP contribution in [0.3, 0.4) is 0 Å². The molecule has 1 aliphatic carbocycles. The fraction of sp³-hybridized carbons (Fsp3) is 0.400. The summed E-state index contributed by atoms with van der Waals surface area (Å²) in [7, 11) is 1.80. The van der Waals surface area contributed by atoms with E-state index in [9.17, 15) is 8.78 Å². The molecule has 1 aromatic heterocycles. The summed E-state index contributed by atoms with van der Waals surface area (Å²) in [4.78, 5) is 4.05. The zero-order chi connectivity index (χ0) is 14.8. The number of nitrogens with one attached hydrogen (secondary N) is 1. The molecule has 0 amide bonds. The first kappa shape index (κ1) is 14.0. The van der Waals surface area contributed by atoms with Crippen LogP contribution in [0.15, 0.2) is 24.5 Å². The number of aryl methyl sites for hydroxylation is 1. The Kier molecular flexibility index (Phi) is 3.88. The second kappa shape index (κ2) is 5.81. The Morgan fingerprint density at radius 3 is 2.62 bits per heavy atom. The summed E-state index contributed by atoms with van der Waals surface area (Å²) in [6.45, 7) is 0.495. The first-order chi connectivity index (χ1) is 10.1. The van der Waals surface area contributed by atoms with Crippen LogP contribution in [0.4, 0.5) is 8.78 Å². The molecule has 0 aliphatic heterocycles. The number of nitrogens with zero attached hydrogens (tertiary/aromatic N) is 2. The van der Waals surface area contributed by atoms with E-state index >= 15 is 0 Å². The molecule has 0 bridgehead atoms. The molecular formula is C15H17F2N3O. The van der Waals surface area contributed by atoms with Crippen molar-refractivity contribution in [1.82, 2.24) is 14.9 Å². The topological polar surface area (TPSA) is 39.1 Å². The average molecular weight is 293 g/mol. The molecule has 1 aromatic carbocycles. The maximum Gasteiger partial charge on any atom is 0.191 e. The van der Waals surface area contributed by atoms with Gasteiger partial charge in [-0.05, 0) is 30.5 Å². The van der Waals surface area contributed by atoms with Gasteiger partial charge in [-0.2, -0.15) is 0 Å². The molecule has 1 N–H and O–H groups in total. The van der Waals surface area contributed by atoms with Crippen LogP contribution < -0.4 is 10.1 Å². The average Bonchev–Trinajstić information content (AvgIpc) is 3.18. The van der Waals surface area contributed by atoms with Gasteiger partial charge in [-0.15, -0.1) is 0 Å². The van der Waals surface area contributed by atoms with E-state index in [0.29, 0.717) is 24.0 Å². The van der Waals surface area contributed by atoms with Gasteiger partial charge < -0.3 is 14.6 Å². The molecule has 1 saturated carbocycles. The van der Waals surface area contributed by atoms with E-state index in [1.165, 1.54) is 12.1 Å². The second-order valence-corrected chi connectivity index (χ2v) is 5.29. The van der Waals surface area contributed by atoms with Crippen molar-refractivity contribution in [3.05, 3.63) is 47.5 Å². The van der Waals surface area contributed by atoms with Crippen molar-refractivity contribution < 1.29 is 13.5 Å². The molecule has 0 spiro atoms. The van der Waals surface area contributed by atoms with E-state index in [1.807, 2.05) is 0 Å². The molecule has 2 aromatic rings. The Hall–Kier alpha value is -1.95. The largest absolute Gasteiger partial charge is 0.480 e. The summed E-state index contributed by atoms with van der Waals surface area (Å²) in [5.41, 5.74) is 0.584. The van der Waals surface area contributed by atoms with Crippen LogP contribution in [-0.2, 0) is 20.2 Å². The van der Waals surface area contributed by atoms with E-state index < -0.39 is 11.6 Å². The summed E-state index contributed by atoms with van der Waals surface area (Å²) in [6.07, 6.45) is 5.63. The molecule has 0 saturated heterocycles. The number of benzene rings is 1. The third-order valence-corrected chi connectivity index (χ3v) is 3.50. The lowest BCUT2D eigenvalue weighted by Crippen LogP contribution is -2.15. The highest BCUT2D eigenvalue weighted by atomic mass is 19.1. The van der Waals surface area contributed by atoms with Crippen molar-refractivity contribution in [3.8, 4) is 5.75 Å². The number of hydrogen-bond donors (Lipinski definition) is 1. The molecule has 112 valence electrons. The van der Waals surface area contributed by atoms with Gasteiger partial charge in [0, 0.05) is 32.0 Å². The van der Waals surface area contributed by atoms with Gasteiger partial charge in [-0.25, -0.2) is 13.8 Å². The lowest BCUT2D eigenvalue weighted by Gasteiger charge is -2.10. The van der Waals surface area contributed by atoms with Gasteiger partial charge in [0.05, 0.1) is 0 Å². The fourth-order valence-electron chi connectivity index (χ4n) is 2.07. The number of rotatable bonds is 6. The Bertz CT molecular complexity index is 615. The Morgan fingerprint density at radius 2 is 2.05 bits per heavy atom. The monoisotopic (exact) mass is 293 g/mol. The van der Waals surface area contributed by atoms with Gasteiger partial charge in [0.25, 0.3) is 0 Å². The molecule has 0 radical (unpaired) electrons. The number of halogens is 2. The predicted molar refractivity (Wildman–Crippen MR) is 73.8 cm³/mol. The predicted octanol–water partition coefficient (Wildman–Crippen LogP) is 2.53. The van der Waals surface area contributed by atoms with Crippen LogP contribution in [0, 0.1) is 11.6 Å². The third kappa shape index (κ3) is 3.39. The molecule has 4 nitrogen and oxygen atoms in total. The van der Waals surface area contributed by atoms with E-state index in [-0.39, 0.29) is 12.4 Å². The zero-order valence-corrected chi connectivity index (χ0v) is 11.8. The highest BCUT2D eigenvalue weighted by Crippen LogP contribution is 2.25. The van der Waals surface area contributed by atoms with Gasteiger partial charge in [0.2, 0.25) is 0 Å². The molecule has 6 heteroatoms. The van der Waals surface area contributed by atoms with Gasteiger partial charge in [0.15, 0.2) is 17.4 Å². The van der Waals surface area contributed by atoms with Crippen LogP contribution in [0.25, 0.3) is 0 Å². The SMILES string of the molecule is Cn1ccnc1COc1c(F)cc(CNC2CC2)cc1F. The highest BCUT2D eigenvalue weighted by molar-refractivity contribution is 5.31. The van der Waals surface area contributed by atoms with Crippen molar-refractivity contribution >= 4 is 0 Å². The molecule has 1 heterocycles. The molecule has 1 aliphatic rings. The maximum atomic E-state index is 14.0. The van der Waals surface area contributed by atoms with Crippen LogP contribution in [-0.4, -0.2) is 15.6 Å². The highest BCUT2D eigenvalue weighted by Gasteiger charge is 2.21. The van der Waals surface area contributed by atoms with E-state index in [2.05, 4.69) is 10.3 Å². The minimum Gasteiger partial charge on any atom is -0.480 e. The number of hydrogen-bond acceptors (Lipinski definition) is 3. The minimum atomic E-state index is -0.684. The van der Waals surface area contributed by atoms with E-state index in [0.717, 1.165) is 12.8 Å². The van der Waals surface area contributed by atoms with Gasteiger partial charge in [-0.1, -0.05) is 0 Å². The van der Waals surface area contributed by atoms with Crippen molar-refractivity contribution in [1.29, 1.82) is 0 Å². The van der Waals surface area contributed by atoms with Crippen LogP contribution >= 0.6 is 0 Å². The van der Waals surface area contributed by atoms with Crippen LogP contribution in [0.5, 0.6) is 5.75 Å². The van der Waals surface area contributed by atoms with E-state index in [4.69, 9.17) is 4.74 Å². The third-order valence-electron chi connectivity index (χ3n) is 3.50. The molecule has 1 fully saturated rings. The minimum absolute atomic E-state index is 0.0248. The van der Waals surface area contributed by atoms with Gasteiger partial charge in [-0.3, -0.25) is 0 Å². The van der Waals surface area contributed by atoms with Crippen molar-refractivity contribution in [2.75, 3.05) is 0 Å². The molecule has 0 atom stereocenters. The van der Waals surface area contributed by atoms with Crippen LogP contribution in [0.1, 0.15) is 24.2 Å². The van der Waals surface area contributed by atoms with E-state index in [1.54, 1.807) is 24.0 Å². The summed E-state index contributed by atoms with van der Waals surface area (Å²) in [6, 6.07) is 3.12. The lowest BCUT2D eigenvalue weighted by atomic mass is 10.2. The summed E-state index contributed by atoms with van der Waals surface area (Å²) >= 11 is 0. The first-order valence-corrected chi connectivity index (χ1v) is 6.94. The van der Waals surface area contributed by atoms with Crippen molar-refractivity contribution in [2.45, 2.75) is 32.0 Å². The first-order valence-electron chi connectivity index (χ1n) is 6.94. The summed E-state index contributed by atoms with van der Waals surface area (Å²) < 4.78 is 34.9. The summed E-state index contributed by atoms with van der Waals surface area (Å²) in [5.74, 6) is -1.12. The molecule has 3 rings (SSSR count). The molecule has 0 unspecified atom stereocenters. The smallest absolute Gasteiger partial charge is 0.191 e.